The Hall–Kier alpha value is -1.64. The van der Waals surface area contributed by atoms with Gasteiger partial charge in [0.15, 0.2) is 0 Å². The lowest BCUT2D eigenvalue weighted by atomic mass is 9.68. The van der Waals surface area contributed by atoms with Gasteiger partial charge in [-0.05, 0) is 40.7 Å². The van der Waals surface area contributed by atoms with Gasteiger partial charge in [0.05, 0.1) is 12.1 Å². The highest BCUT2D eigenvalue weighted by Crippen LogP contribution is 2.66. The van der Waals surface area contributed by atoms with Gasteiger partial charge in [-0.2, -0.15) is 0 Å². The van der Waals surface area contributed by atoms with Crippen molar-refractivity contribution in [2.45, 2.75) is 57.8 Å². The van der Waals surface area contributed by atoms with Gasteiger partial charge in [-0.3, -0.25) is 0 Å². The Kier molecular flexibility index (Phi) is 3.61. The first-order chi connectivity index (χ1) is 12.5. The zero-order valence-electron chi connectivity index (χ0n) is 16.1. The van der Waals surface area contributed by atoms with Crippen LogP contribution >= 0.6 is 0 Å². The molecule has 2 saturated carbocycles. The molecule has 2 aromatic rings. The van der Waals surface area contributed by atoms with Crippen LogP contribution in [0.1, 0.15) is 56.8 Å². The van der Waals surface area contributed by atoms with E-state index >= 15 is 0 Å². The maximum Gasteiger partial charge on any atom is 0.0521 e. The van der Waals surface area contributed by atoms with Crippen molar-refractivity contribution in [2.75, 3.05) is 0 Å². The van der Waals surface area contributed by atoms with Crippen LogP contribution in [0.5, 0.6) is 0 Å². The highest BCUT2D eigenvalue weighted by atomic mass is 15.2. The molecule has 1 aliphatic heterocycles. The van der Waals surface area contributed by atoms with Crippen molar-refractivity contribution in [3.05, 3.63) is 71.8 Å². The van der Waals surface area contributed by atoms with Crippen LogP contribution in [0.2, 0.25) is 0 Å². The van der Waals surface area contributed by atoms with E-state index in [4.69, 9.17) is 0 Å². The molecule has 2 bridgehead atoms. The van der Waals surface area contributed by atoms with Gasteiger partial charge in [0.1, 0.15) is 0 Å². The molecule has 2 nitrogen and oxygen atoms in total. The van der Waals surface area contributed by atoms with Gasteiger partial charge in [0.2, 0.25) is 0 Å². The first-order valence-electron chi connectivity index (χ1n) is 10.1. The molecule has 0 spiro atoms. The Morgan fingerprint density at radius 2 is 1.31 bits per heavy atom. The fourth-order valence-corrected chi connectivity index (χ4v) is 6.37. The summed E-state index contributed by atoms with van der Waals surface area (Å²) in [4.78, 5) is 0. The number of nitrogens with one attached hydrogen (secondary N) is 2. The van der Waals surface area contributed by atoms with Crippen molar-refractivity contribution in [2.24, 2.45) is 16.7 Å². The molecular formula is C24H30N2. The summed E-state index contributed by atoms with van der Waals surface area (Å²) >= 11 is 0. The smallest absolute Gasteiger partial charge is 0.0521 e. The van der Waals surface area contributed by atoms with Gasteiger partial charge in [-0.25, -0.2) is 0 Å². The maximum atomic E-state index is 4.15. The normalized spacial score (nSPS) is 40.3. The van der Waals surface area contributed by atoms with Crippen LogP contribution in [-0.4, -0.2) is 12.1 Å². The predicted molar refractivity (Wildman–Crippen MR) is 107 cm³/mol. The van der Waals surface area contributed by atoms with E-state index in [1.807, 2.05) is 0 Å². The number of benzene rings is 2. The molecule has 3 fully saturated rings. The molecule has 1 saturated heterocycles. The molecule has 2 N–H and O–H groups in total. The molecule has 1 heterocycles. The summed E-state index contributed by atoms with van der Waals surface area (Å²) in [5, 5.41) is 8.28. The summed E-state index contributed by atoms with van der Waals surface area (Å²) in [6, 6.07) is 23.7. The van der Waals surface area contributed by atoms with Gasteiger partial charge in [-0.15, -0.1) is 0 Å². The Morgan fingerprint density at radius 1 is 0.769 bits per heavy atom. The molecular weight excluding hydrogens is 316 g/mol. The minimum atomic E-state index is 0.312. The summed E-state index contributed by atoms with van der Waals surface area (Å²) < 4.78 is 0. The second-order valence-corrected chi connectivity index (χ2v) is 9.40. The van der Waals surface area contributed by atoms with E-state index in [1.54, 1.807) is 0 Å². The Balaban J connectivity index is 1.58. The molecule has 3 aliphatic rings. The van der Waals surface area contributed by atoms with Gasteiger partial charge in [0.25, 0.3) is 0 Å². The van der Waals surface area contributed by atoms with Crippen molar-refractivity contribution in [3.8, 4) is 0 Å². The lowest BCUT2D eigenvalue weighted by Crippen LogP contribution is -2.62. The number of piperazine rings is 1. The largest absolute Gasteiger partial charge is 0.304 e. The van der Waals surface area contributed by atoms with E-state index in [0.29, 0.717) is 35.0 Å². The van der Waals surface area contributed by atoms with Crippen molar-refractivity contribution >= 4 is 0 Å². The second-order valence-electron chi connectivity index (χ2n) is 9.40. The van der Waals surface area contributed by atoms with Crippen LogP contribution in [0.3, 0.4) is 0 Å². The van der Waals surface area contributed by atoms with Crippen LogP contribution in [0.15, 0.2) is 60.7 Å². The number of rotatable bonds is 2. The van der Waals surface area contributed by atoms with Gasteiger partial charge in [-0.1, -0.05) is 81.4 Å². The molecule has 2 aromatic carbocycles. The maximum absolute atomic E-state index is 4.15. The van der Waals surface area contributed by atoms with E-state index < -0.39 is 0 Å². The summed E-state index contributed by atoms with van der Waals surface area (Å²) in [6.45, 7) is 7.53. The lowest BCUT2D eigenvalue weighted by molar-refractivity contribution is 0.0902. The molecule has 6 atom stereocenters. The molecule has 136 valence electrons. The Morgan fingerprint density at radius 3 is 1.88 bits per heavy atom. The number of fused-ring (bicyclic) bond motifs is 5. The third-order valence-corrected chi connectivity index (χ3v) is 8.23. The Labute approximate surface area is 157 Å². The minimum absolute atomic E-state index is 0.312. The summed E-state index contributed by atoms with van der Waals surface area (Å²) in [6.07, 6.45) is 2.70. The lowest BCUT2D eigenvalue weighted by Gasteiger charge is -2.49. The highest BCUT2D eigenvalue weighted by Gasteiger charge is 2.67. The average Bonchev–Trinajstić information content (AvgIpc) is 3.01. The van der Waals surface area contributed by atoms with E-state index in [0.717, 1.165) is 5.92 Å². The van der Waals surface area contributed by atoms with Crippen molar-refractivity contribution < 1.29 is 0 Å². The van der Waals surface area contributed by atoms with Gasteiger partial charge in [0, 0.05) is 12.1 Å². The number of hydrogen-bond acceptors (Lipinski definition) is 2. The standard InChI is InChI=1S/C24H30N2/c1-23(2)18-14-15-24(23,3)22-21(18)25-19(16-10-6-4-7-11-16)20(26-22)17-12-8-5-9-13-17/h4-13,18-22,25-26H,14-15H2,1-3H3/t18-,19+,20+,21-,22-,24+/m1/s1. The molecule has 0 aromatic heterocycles. The Bertz CT molecular complexity index is 784. The van der Waals surface area contributed by atoms with Crippen LogP contribution < -0.4 is 10.6 Å². The van der Waals surface area contributed by atoms with Gasteiger partial charge >= 0.3 is 0 Å². The van der Waals surface area contributed by atoms with E-state index in [-0.39, 0.29) is 0 Å². The monoisotopic (exact) mass is 346 g/mol. The zero-order chi connectivity index (χ0) is 17.9. The molecule has 0 unspecified atom stereocenters. The van der Waals surface area contributed by atoms with Crippen LogP contribution in [0, 0.1) is 16.7 Å². The first kappa shape index (κ1) is 16.5. The van der Waals surface area contributed by atoms with Gasteiger partial charge < -0.3 is 10.6 Å². The minimum Gasteiger partial charge on any atom is -0.304 e. The fraction of sp³-hybridized carbons (Fsp3) is 0.500. The first-order valence-corrected chi connectivity index (χ1v) is 10.1. The van der Waals surface area contributed by atoms with E-state index in [9.17, 15) is 0 Å². The van der Waals surface area contributed by atoms with E-state index in [1.165, 1.54) is 24.0 Å². The third-order valence-electron chi connectivity index (χ3n) is 8.23. The topological polar surface area (TPSA) is 24.1 Å². The number of hydrogen-bond donors (Lipinski definition) is 2. The predicted octanol–water partition coefficient (Wildman–Crippen LogP) is 4.86. The van der Waals surface area contributed by atoms with Crippen molar-refractivity contribution in [1.29, 1.82) is 0 Å². The molecule has 0 radical (unpaired) electrons. The highest BCUT2D eigenvalue weighted by molar-refractivity contribution is 5.32. The molecule has 2 aliphatic carbocycles. The molecule has 5 rings (SSSR count). The molecule has 2 heteroatoms. The second kappa shape index (κ2) is 5.68. The molecule has 26 heavy (non-hydrogen) atoms. The van der Waals surface area contributed by atoms with Crippen molar-refractivity contribution in [3.63, 3.8) is 0 Å². The molecule has 0 amide bonds. The summed E-state index contributed by atoms with van der Waals surface area (Å²) in [5.74, 6) is 0.757. The average molecular weight is 347 g/mol. The van der Waals surface area contributed by atoms with Crippen LogP contribution in [-0.2, 0) is 0 Å². The SMILES string of the molecule is CC1(C)[C@@H]2CC[C@@]1(C)[C@@H]1N[C@@H](c3ccccc3)[C@H](c3ccccc3)N[C@H]21. The van der Waals surface area contributed by atoms with Crippen LogP contribution in [0.25, 0.3) is 0 Å². The van der Waals surface area contributed by atoms with Crippen LogP contribution in [0.4, 0.5) is 0 Å². The quantitative estimate of drug-likeness (QED) is 0.812. The van der Waals surface area contributed by atoms with E-state index in [2.05, 4.69) is 92.1 Å². The zero-order valence-corrected chi connectivity index (χ0v) is 16.1. The van der Waals surface area contributed by atoms with Crippen molar-refractivity contribution in [1.82, 2.24) is 10.6 Å². The fourth-order valence-electron chi connectivity index (χ4n) is 6.37. The summed E-state index contributed by atoms with van der Waals surface area (Å²) in [5.41, 5.74) is 3.52. The summed E-state index contributed by atoms with van der Waals surface area (Å²) in [7, 11) is 0. The third kappa shape index (κ3) is 2.12.